The molecule has 0 aliphatic carbocycles. The van der Waals surface area contributed by atoms with Crippen molar-refractivity contribution in [3.63, 3.8) is 0 Å². The van der Waals surface area contributed by atoms with Crippen LogP contribution in [0.2, 0.25) is 0 Å². The Labute approximate surface area is 108 Å². The fourth-order valence-corrected chi connectivity index (χ4v) is 2.38. The fraction of sp³-hybridized carbons (Fsp3) is 0.462. The highest BCUT2D eigenvalue weighted by molar-refractivity contribution is 8.22. The highest BCUT2D eigenvalue weighted by atomic mass is 32.2. The van der Waals surface area contributed by atoms with Gasteiger partial charge in [0.15, 0.2) is 0 Å². The van der Waals surface area contributed by atoms with Crippen molar-refractivity contribution in [1.82, 2.24) is 4.90 Å². The van der Waals surface area contributed by atoms with Crippen LogP contribution in [-0.2, 0) is 5.75 Å². The van der Waals surface area contributed by atoms with Gasteiger partial charge in [0, 0.05) is 19.3 Å². The van der Waals surface area contributed by atoms with Gasteiger partial charge in [-0.15, -0.1) is 0 Å². The summed E-state index contributed by atoms with van der Waals surface area (Å²) in [5.41, 5.74) is 1.33. The van der Waals surface area contributed by atoms with Crippen LogP contribution in [0.4, 0.5) is 0 Å². The second-order valence-corrected chi connectivity index (χ2v) is 5.42. The smallest absolute Gasteiger partial charge is 0.136 e. The van der Waals surface area contributed by atoms with Crippen LogP contribution >= 0.6 is 24.0 Å². The van der Waals surface area contributed by atoms with Gasteiger partial charge in [-0.05, 0) is 12.0 Å². The Morgan fingerprint density at radius 3 is 2.62 bits per heavy atom. The molecule has 0 amide bonds. The molecule has 1 aromatic rings. The Balaban J connectivity index is 2.29. The van der Waals surface area contributed by atoms with Gasteiger partial charge in [-0.1, -0.05) is 67.7 Å². The van der Waals surface area contributed by atoms with Gasteiger partial charge in [0.1, 0.15) is 4.32 Å². The van der Waals surface area contributed by atoms with Gasteiger partial charge < -0.3 is 4.90 Å². The summed E-state index contributed by atoms with van der Waals surface area (Å²) in [5.74, 6) is 0.968. The van der Waals surface area contributed by atoms with Crippen LogP contribution in [0.1, 0.15) is 25.3 Å². The number of rotatable bonds is 5. The van der Waals surface area contributed by atoms with E-state index in [1.54, 1.807) is 11.8 Å². The number of unbranched alkanes of at least 4 members (excludes halogenated alkanes) is 1. The average Bonchev–Trinajstić information content (AvgIpc) is 2.34. The summed E-state index contributed by atoms with van der Waals surface area (Å²) in [7, 11) is 2.08. The van der Waals surface area contributed by atoms with Gasteiger partial charge in [0.2, 0.25) is 0 Å². The molecular weight excluding hydrogens is 234 g/mol. The average molecular weight is 253 g/mol. The monoisotopic (exact) mass is 253 g/mol. The van der Waals surface area contributed by atoms with Crippen molar-refractivity contribution >= 4 is 28.3 Å². The van der Waals surface area contributed by atoms with E-state index in [9.17, 15) is 0 Å². The third-order valence-electron chi connectivity index (χ3n) is 2.36. The summed E-state index contributed by atoms with van der Waals surface area (Å²) in [6.45, 7) is 3.27. The van der Waals surface area contributed by atoms with Gasteiger partial charge in [0.25, 0.3) is 0 Å². The Hall–Kier alpha value is -0.540. The molecule has 3 heteroatoms. The molecule has 0 aromatic heterocycles. The largest absolute Gasteiger partial charge is 0.361 e. The van der Waals surface area contributed by atoms with Crippen molar-refractivity contribution in [2.24, 2.45) is 0 Å². The third kappa shape index (κ3) is 4.99. The van der Waals surface area contributed by atoms with Gasteiger partial charge in [0.05, 0.1) is 0 Å². The number of hydrogen-bond acceptors (Lipinski definition) is 2. The minimum Gasteiger partial charge on any atom is -0.361 e. The molecule has 88 valence electrons. The molecule has 0 spiro atoms. The van der Waals surface area contributed by atoms with Crippen molar-refractivity contribution in [3.8, 4) is 0 Å². The molecule has 0 N–H and O–H groups in total. The van der Waals surface area contributed by atoms with Crippen molar-refractivity contribution in [1.29, 1.82) is 0 Å². The summed E-state index contributed by atoms with van der Waals surface area (Å²) >= 11 is 7.12. The van der Waals surface area contributed by atoms with Crippen molar-refractivity contribution in [2.45, 2.75) is 25.5 Å². The molecule has 0 bridgehead atoms. The van der Waals surface area contributed by atoms with Crippen molar-refractivity contribution in [2.75, 3.05) is 13.6 Å². The van der Waals surface area contributed by atoms with Crippen LogP contribution in [0.15, 0.2) is 30.3 Å². The first kappa shape index (κ1) is 13.5. The maximum Gasteiger partial charge on any atom is 0.136 e. The number of hydrogen-bond donors (Lipinski definition) is 0. The summed E-state index contributed by atoms with van der Waals surface area (Å²) in [5, 5.41) is 0. The van der Waals surface area contributed by atoms with E-state index in [1.165, 1.54) is 18.4 Å². The van der Waals surface area contributed by atoms with E-state index in [1.807, 2.05) is 6.07 Å². The SMILES string of the molecule is CCCCN(C)C(=S)SCc1ccccc1. The Morgan fingerprint density at radius 1 is 1.31 bits per heavy atom. The topological polar surface area (TPSA) is 3.24 Å². The van der Waals surface area contributed by atoms with E-state index in [-0.39, 0.29) is 0 Å². The lowest BCUT2D eigenvalue weighted by molar-refractivity contribution is 0.500. The summed E-state index contributed by atoms with van der Waals surface area (Å²) < 4.78 is 0.998. The van der Waals surface area contributed by atoms with Crippen LogP contribution in [0.5, 0.6) is 0 Å². The number of thioether (sulfide) groups is 1. The lowest BCUT2D eigenvalue weighted by atomic mass is 10.2. The number of benzene rings is 1. The van der Waals surface area contributed by atoms with E-state index >= 15 is 0 Å². The first-order valence-electron chi connectivity index (χ1n) is 5.66. The van der Waals surface area contributed by atoms with E-state index in [0.29, 0.717) is 0 Å². The van der Waals surface area contributed by atoms with Crippen molar-refractivity contribution in [3.05, 3.63) is 35.9 Å². The van der Waals surface area contributed by atoms with Gasteiger partial charge in [-0.3, -0.25) is 0 Å². The molecule has 16 heavy (non-hydrogen) atoms. The lowest BCUT2D eigenvalue weighted by Crippen LogP contribution is -2.23. The van der Waals surface area contributed by atoms with E-state index in [0.717, 1.165) is 16.6 Å². The standard InChI is InChI=1S/C13H19NS2/c1-3-4-10-14(2)13(15)16-11-12-8-6-5-7-9-12/h5-9H,3-4,10-11H2,1-2H3. The fourth-order valence-electron chi connectivity index (χ4n) is 1.32. The molecule has 0 fully saturated rings. The van der Waals surface area contributed by atoms with E-state index < -0.39 is 0 Å². The molecule has 1 aromatic carbocycles. The van der Waals surface area contributed by atoms with Crippen molar-refractivity contribution < 1.29 is 0 Å². The minimum absolute atomic E-state index is 0.968. The zero-order chi connectivity index (χ0) is 11.8. The molecule has 1 rings (SSSR count). The molecule has 0 unspecified atom stereocenters. The third-order valence-corrected chi connectivity index (χ3v) is 4.07. The predicted octanol–water partition coefficient (Wildman–Crippen LogP) is 3.94. The maximum atomic E-state index is 5.38. The Kier molecular flexibility index (Phi) is 6.50. The molecule has 0 heterocycles. The highest BCUT2D eigenvalue weighted by Gasteiger charge is 2.04. The molecule has 0 aliphatic rings. The second-order valence-electron chi connectivity index (χ2n) is 3.82. The number of thiocarbonyl (C=S) groups is 1. The van der Waals surface area contributed by atoms with Gasteiger partial charge in [-0.25, -0.2) is 0 Å². The predicted molar refractivity (Wildman–Crippen MR) is 77.9 cm³/mol. The number of nitrogens with zero attached hydrogens (tertiary/aromatic N) is 1. The summed E-state index contributed by atoms with van der Waals surface area (Å²) in [6.07, 6.45) is 2.43. The first-order chi connectivity index (χ1) is 7.74. The lowest BCUT2D eigenvalue weighted by Gasteiger charge is -2.18. The molecule has 1 nitrogen and oxygen atoms in total. The molecule has 0 saturated carbocycles. The van der Waals surface area contributed by atoms with Gasteiger partial charge in [-0.2, -0.15) is 0 Å². The van der Waals surface area contributed by atoms with Crippen LogP contribution in [0.25, 0.3) is 0 Å². The second kappa shape index (κ2) is 7.69. The molecule has 0 aliphatic heterocycles. The summed E-state index contributed by atoms with van der Waals surface area (Å²) in [6, 6.07) is 10.5. The van der Waals surface area contributed by atoms with Crippen LogP contribution in [0, 0.1) is 0 Å². The van der Waals surface area contributed by atoms with Crippen LogP contribution < -0.4 is 0 Å². The highest BCUT2D eigenvalue weighted by Crippen LogP contribution is 2.15. The normalized spacial score (nSPS) is 10.1. The Morgan fingerprint density at radius 2 is 2.00 bits per heavy atom. The quantitative estimate of drug-likeness (QED) is 0.732. The van der Waals surface area contributed by atoms with Crippen LogP contribution in [-0.4, -0.2) is 22.8 Å². The molecule has 0 radical (unpaired) electrons. The zero-order valence-corrected chi connectivity index (χ0v) is 11.6. The first-order valence-corrected chi connectivity index (χ1v) is 7.05. The van der Waals surface area contributed by atoms with Gasteiger partial charge >= 0.3 is 0 Å². The molecular formula is C13H19NS2. The summed E-state index contributed by atoms with van der Waals surface area (Å²) in [4.78, 5) is 2.17. The van der Waals surface area contributed by atoms with Crippen LogP contribution in [0.3, 0.4) is 0 Å². The Bertz CT molecular complexity index is 311. The zero-order valence-electron chi connectivity index (χ0n) is 9.98. The molecule has 0 saturated heterocycles. The van der Waals surface area contributed by atoms with E-state index in [4.69, 9.17) is 12.2 Å². The maximum absolute atomic E-state index is 5.38. The molecule has 0 atom stereocenters. The minimum atomic E-state index is 0.968. The van der Waals surface area contributed by atoms with E-state index in [2.05, 4.69) is 43.1 Å².